The summed E-state index contributed by atoms with van der Waals surface area (Å²) in [6, 6.07) is 0.105. The van der Waals surface area contributed by atoms with Gasteiger partial charge in [-0.15, -0.1) is 0 Å². The molecule has 7 heteroatoms. The molecule has 15 heavy (non-hydrogen) atoms. The summed E-state index contributed by atoms with van der Waals surface area (Å²) in [6.45, 7) is 2.80. The molecule has 0 aliphatic carbocycles. The molecular weight excluding hydrogens is 236 g/mol. The maximum atomic E-state index is 10.8. The van der Waals surface area contributed by atoms with Crippen molar-refractivity contribution in [3.63, 3.8) is 0 Å². The van der Waals surface area contributed by atoms with Gasteiger partial charge in [-0.25, -0.2) is 8.42 Å². The smallest absolute Gasteiger partial charge is 0.166 e. The van der Waals surface area contributed by atoms with Crippen LogP contribution in [0, 0.1) is 0 Å². The predicted molar refractivity (Wildman–Crippen MR) is 64.8 cm³/mol. The predicted octanol–water partition coefficient (Wildman–Crippen LogP) is -0.470. The van der Waals surface area contributed by atoms with Crippen LogP contribution in [0.2, 0.25) is 0 Å². The zero-order valence-corrected chi connectivity index (χ0v) is 10.9. The van der Waals surface area contributed by atoms with Crippen LogP contribution in [0.3, 0.4) is 0 Å². The number of hydrogen-bond acceptors (Lipinski definition) is 4. The van der Waals surface area contributed by atoms with Gasteiger partial charge in [-0.05, 0) is 19.1 Å². The second kappa shape index (κ2) is 6.97. The number of ether oxygens (including phenoxy) is 1. The zero-order chi connectivity index (χ0) is 11.9. The summed E-state index contributed by atoms with van der Waals surface area (Å²) in [6.07, 6.45) is 1.19. The van der Waals surface area contributed by atoms with Crippen molar-refractivity contribution in [2.45, 2.75) is 13.0 Å². The Morgan fingerprint density at radius 1 is 1.53 bits per heavy atom. The summed E-state index contributed by atoms with van der Waals surface area (Å²) >= 11 is 4.96. The monoisotopic (exact) mass is 254 g/mol. The van der Waals surface area contributed by atoms with Gasteiger partial charge in [0.25, 0.3) is 0 Å². The van der Waals surface area contributed by atoms with E-state index in [0.717, 1.165) is 0 Å². The highest BCUT2D eigenvalue weighted by Gasteiger charge is 2.05. The van der Waals surface area contributed by atoms with Gasteiger partial charge in [0.1, 0.15) is 9.84 Å². The number of hydrogen-bond donors (Lipinski definition) is 2. The summed E-state index contributed by atoms with van der Waals surface area (Å²) in [5, 5.41) is 6.23. The van der Waals surface area contributed by atoms with E-state index >= 15 is 0 Å². The molecule has 0 fully saturated rings. The molecule has 0 bridgehead atoms. The van der Waals surface area contributed by atoms with Gasteiger partial charge in [0.15, 0.2) is 5.11 Å². The highest BCUT2D eigenvalue weighted by atomic mass is 32.2. The number of nitrogens with one attached hydrogen (secondary N) is 2. The lowest BCUT2D eigenvalue weighted by molar-refractivity contribution is 0.179. The zero-order valence-electron chi connectivity index (χ0n) is 9.24. The first kappa shape index (κ1) is 14.6. The van der Waals surface area contributed by atoms with Crippen LogP contribution in [-0.4, -0.2) is 51.8 Å². The highest BCUT2D eigenvalue weighted by Crippen LogP contribution is 1.83. The van der Waals surface area contributed by atoms with Gasteiger partial charge in [-0.2, -0.15) is 0 Å². The summed E-state index contributed by atoms with van der Waals surface area (Å²) < 4.78 is 26.5. The Bertz CT molecular complexity index is 290. The van der Waals surface area contributed by atoms with E-state index in [2.05, 4.69) is 10.6 Å². The van der Waals surface area contributed by atoms with E-state index < -0.39 is 9.84 Å². The molecule has 0 saturated carbocycles. The van der Waals surface area contributed by atoms with Crippen LogP contribution in [0.25, 0.3) is 0 Å². The average Bonchev–Trinajstić information content (AvgIpc) is 2.01. The Kier molecular flexibility index (Phi) is 6.78. The molecule has 1 unspecified atom stereocenters. The molecule has 0 spiro atoms. The van der Waals surface area contributed by atoms with E-state index in [-0.39, 0.29) is 11.8 Å². The van der Waals surface area contributed by atoms with E-state index in [1.807, 2.05) is 6.92 Å². The minimum Gasteiger partial charge on any atom is -0.383 e. The van der Waals surface area contributed by atoms with E-state index in [1.165, 1.54) is 6.26 Å². The first-order chi connectivity index (χ1) is 6.85. The first-order valence-electron chi connectivity index (χ1n) is 4.56. The molecule has 0 aromatic carbocycles. The lowest BCUT2D eigenvalue weighted by atomic mass is 10.4. The van der Waals surface area contributed by atoms with Crippen molar-refractivity contribution < 1.29 is 13.2 Å². The Morgan fingerprint density at radius 2 is 2.13 bits per heavy atom. The van der Waals surface area contributed by atoms with E-state index in [4.69, 9.17) is 17.0 Å². The number of sulfone groups is 1. The minimum atomic E-state index is -2.93. The summed E-state index contributed by atoms with van der Waals surface area (Å²) in [7, 11) is -1.32. The second-order valence-corrected chi connectivity index (χ2v) is 6.05. The quantitative estimate of drug-likeness (QED) is 0.625. The fraction of sp³-hybridized carbons (Fsp3) is 0.875. The van der Waals surface area contributed by atoms with Gasteiger partial charge in [-0.3, -0.25) is 0 Å². The van der Waals surface area contributed by atoms with E-state index in [9.17, 15) is 8.42 Å². The highest BCUT2D eigenvalue weighted by molar-refractivity contribution is 7.90. The van der Waals surface area contributed by atoms with Crippen molar-refractivity contribution >= 4 is 27.2 Å². The van der Waals surface area contributed by atoms with Gasteiger partial charge in [0.2, 0.25) is 0 Å². The molecule has 0 heterocycles. The standard InChI is InChI=1S/C8H18N2O3S2/c1-7(6-13-2)10-8(14)9-4-5-15(3,11)12/h7H,4-6H2,1-3H3,(H2,9,10,14). The molecule has 0 rings (SSSR count). The molecule has 0 aliphatic rings. The molecule has 0 amide bonds. The van der Waals surface area contributed by atoms with Crippen LogP contribution in [0.1, 0.15) is 6.92 Å². The van der Waals surface area contributed by atoms with Crippen LogP contribution in [0.5, 0.6) is 0 Å². The van der Waals surface area contributed by atoms with Crippen molar-refractivity contribution in [1.82, 2.24) is 10.6 Å². The fourth-order valence-corrected chi connectivity index (χ4v) is 1.69. The Balaban J connectivity index is 3.67. The van der Waals surface area contributed by atoms with Crippen molar-refractivity contribution in [2.75, 3.05) is 32.3 Å². The van der Waals surface area contributed by atoms with Crippen molar-refractivity contribution in [2.24, 2.45) is 0 Å². The molecule has 90 valence electrons. The normalized spacial score (nSPS) is 13.3. The molecule has 0 saturated heterocycles. The third-order valence-electron chi connectivity index (χ3n) is 1.55. The van der Waals surface area contributed by atoms with Crippen molar-refractivity contribution in [3.8, 4) is 0 Å². The Hall–Kier alpha value is -0.400. The molecule has 0 aliphatic heterocycles. The van der Waals surface area contributed by atoms with Crippen LogP contribution in [-0.2, 0) is 14.6 Å². The van der Waals surface area contributed by atoms with Crippen LogP contribution in [0.15, 0.2) is 0 Å². The number of methoxy groups -OCH3 is 1. The largest absolute Gasteiger partial charge is 0.383 e. The third-order valence-corrected chi connectivity index (χ3v) is 2.76. The minimum absolute atomic E-state index is 0.0769. The Labute approximate surface area is 96.5 Å². The van der Waals surface area contributed by atoms with Crippen LogP contribution >= 0.6 is 12.2 Å². The second-order valence-electron chi connectivity index (χ2n) is 3.39. The molecular formula is C8H18N2O3S2. The van der Waals surface area contributed by atoms with Crippen molar-refractivity contribution in [1.29, 1.82) is 0 Å². The molecule has 0 aromatic heterocycles. The molecule has 0 aromatic rings. The topological polar surface area (TPSA) is 67.4 Å². The van der Waals surface area contributed by atoms with Gasteiger partial charge in [0, 0.05) is 26.0 Å². The summed E-state index contributed by atoms with van der Waals surface area (Å²) in [4.78, 5) is 0. The molecule has 2 N–H and O–H groups in total. The maximum absolute atomic E-state index is 10.8. The van der Waals surface area contributed by atoms with Crippen LogP contribution in [0.4, 0.5) is 0 Å². The average molecular weight is 254 g/mol. The van der Waals surface area contributed by atoms with Gasteiger partial charge < -0.3 is 15.4 Å². The molecule has 1 atom stereocenters. The molecule has 5 nitrogen and oxygen atoms in total. The Morgan fingerprint density at radius 3 is 2.60 bits per heavy atom. The number of thiocarbonyl (C=S) groups is 1. The molecule has 0 radical (unpaired) electrons. The third kappa shape index (κ3) is 9.89. The van der Waals surface area contributed by atoms with E-state index in [1.54, 1.807) is 7.11 Å². The maximum Gasteiger partial charge on any atom is 0.166 e. The van der Waals surface area contributed by atoms with Gasteiger partial charge in [0.05, 0.1) is 12.4 Å². The van der Waals surface area contributed by atoms with Crippen molar-refractivity contribution in [3.05, 3.63) is 0 Å². The first-order valence-corrected chi connectivity index (χ1v) is 7.03. The number of rotatable bonds is 6. The SMILES string of the molecule is COCC(C)NC(=S)NCCS(C)(=O)=O. The fourth-order valence-electron chi connectivity index (χ4n) is 0.916. The lowest BCUT2D eigenvalue weighted by Crippen LogP contribution is -2.43. The van der Waals surface area contributed by atoms with Gasteiger partial charge in [-0.1, -0.05) is 0 Å². The lowest BCUT2D eigenvalue weighted by Gasteiger charge is -2.15. The summed E-state index contributed by atoms with van der Waals surface area (Å²) in [5.41, 5.74) is 0. The van der Waals surface area contributed by atoms with E-state index in [0.29, 0.717) is 18.3 Å². The van der Waals surface area contributed by atoms with Crippen LogP contribution < -0.4 is 10.6 Å². The van der Waals surface area contributed by atoms with Gasteiger partial charge >= 0.3 is 0 Å². The summed E-state index contributed by atoms with van der Waals surface area (Å²) in [5.74, 6) is 0.0769.